The molecular weight excluding hydrogens is 286 g/mol. The molecule has 0 aromatic heterocycles. The summed E-state index contributed by atoms with van der Waals surface area (Å²) in [5.41, 5.74) is 4.22. The fraction of sp³-hybridized carbons (Fsp3) is 0.250. The minimum absolute atomic E-state index is 0.119. The topological polar surface area (TPSA) is 29.5 Å². The van der Waals surface area contributed by atoms with Gasteiger partial charge < -0.3 is 4.74 Å². The average Bonchev–Trinajstić information content (AvgIpc) is 2.91. The number of ether oxygens (including phenoxy) is 1. The molecule has 0 N–H and O–H groups in total. The molecule has 1 aliphatic heterocycles. The van der Waals surface area contributed by atoms with Crippen LogP contribution in [0.2, 0.25) is 0 Å². The van der Waals surface area contributed by atoms with E-state index in [1.54, 1.807) is 12.1 Å². The Morgan fingerprint density at radius 3 is 2.65 bits per heavy atom. The lowest BCUT2D eigenvalue weighted by atomic mass is 9.99. The van der Waals surface area contributed by atoms with Crippen LogP contribution in [0.1, 0.15) is 34.0 Å². The zero-order valence-electron chi connectivity index (χ0n) is 13.1. The Morgan fingerprint density at radius 1 is 1.09 bits per heavy atom. The molecule has 2 atom stereocenters. The third kappa shape index (κ3) is 2.37. The summed E-state index contributed by atoms with van der Waals surface area (Å²) in [4.78, 5) is 14.8. The molecule has 0 amide bonds. The van der Waals surface area contributed by atoms with Gasteiger partial charge in [0.05, 0.1) is 11.6 Å². The Labute approximate surface area is 136 Å². The Hall–Kier alpha value is -2.39. The van der Waals surface area contributed by atoms with E-state index in [-0.39, 0.29) is 18.1 Å². The van der Waals surface area contributed by atoms with E-state index < -0.39 is 0 Å². The maximum absolute atomic E-state index is 12.5. The number of likely N-dealkylation sites (N-methyl/N-ethyl adjacent to an activating group) is 1. The number of benzene rings is 2. The second-order valence-electron chi connectivity index (χ2n) is 6.15. The van der Waals surface area contributed by atoms with E-state index >= 15 is 0 Å². The van der Waals surface area contributed by atoms with Gasteiger partial charge in [0.2, 0.25) is 0 Å². The SMILES string of the molecule is CN1CCC=C2c3ccccc3C(OC(=O)c3ccccc3)C21. The summed E-state index contributed by atoms with van der Waals surface area (Å²) in [5.74, 6) is -0.259. The molecule has 116 valence electrons. The zero-order valence-corrected chi connectivity index (χ0v) is 13.1. The van der Waals surface area contributed by atoms with Gasteiger partial charge in [0.1, 0.15) is 6.10 Å². The van der Waals surface area contributed by atoms with E-state index in [2.05, 4.69) is 30.2 Å². The van der Waals surface area contributed by atoms with Gasteiger partial charge in [-0.25, -0.2) is 4.79 Å². The monoisotopic (exact) mass is 305 g/mol. The first-order valence-corrected chi connectivity index (χ1v) is 8.01. The quantitative estimate of drug-likeness (QED) is 0.793. The lowest BCUT2D eigenvalue weighted by Gasteiger charge is -2.33. The van der Waals surface area contributed by atoms with E-state index in [1.165, 1.54) is 11.1 Å². The number of hydrogen-bond acceptors (Lipinski definition) is 3. The maximum atomic E-state index is 12.5. The first-order valence-electron chi connectivity index (χ1n) is 8.01. The molecule has 2 aromatic rings. The molecule has 2 unspecified atom stereocenters. The van der Waals surface area contributed by atoms with Gasteiger partial charge in [-0.2, -0.15) is 0 Å². The average molecular weight is 305 g/mol. The second kappa shape index (κ2) is 5.67. The Bertz CT molecular complexity index is 766. The molecule has 3 heteroatoms. The largest absolute Gasteiger partial charge is 0.452 e. The molecule has 0 bridgehead atoms. The molecule has 1 heterocycles. The van der Waals surface area contributed by atoms with Crippen molar-refractivity contribution in [1.29, 1.82) is 0 Å². The van der Waals surface area contributed by atoms with E-state index in [9.17, 15) is 4.79 Å². The summed E-state index contributed by atoms with van der Waals surface area (Å²) < 4.78 is 5.94. The molecule has 23 heavy (non-hydrogen) atoms. The number of hydrogen-bond donors (Lipinski definition) is 0. The lowest BCUT2D eigenvalue weighted by Crippen LogP contribution is -2.38. The van der Waals surface area contributed by atoms with Crippen molar-refractivity contribution in [2.24, 2.45) is 0 Å². The van der Waals surface area contributed by atoms with Crippen molar-refractivity contribution in [2.45, 2.75) is 18.6 Å². The summed E-state index contributed by atoms with van der Waals surface area (Å²) in [6, 6.07) is 17.6. The van der Waals surface area contributed by atoms with Crippen LogP contribution in [0.3, 0.4) is 0 Å². The van der Waals surface area contributed by atoms with Gasteiger partial charge in [-0.3, -0.25) is 4.90 Å². The van der Waals surface area contributed by atoms with Crippen molar-refractivity contribution in [3.05, 3.63) is 77.4 Å². The van der Waals surface area contributed by atoms with Crippen molar-refractivity contribution in [3.63, 3.8) is 0 Å². The predicted octanol–water partition coefficient (Wildman–Crippen LogP) is 3.69. The van der Waals surface area contributed by atoms with E-state index in [4.69, 9.17) is 4.74 Å². The van der Waals surface area contributed by atoms with Gasteiger partial charge in [0, 0.05) is 12.1 Å². The number of fused-ring (bicyclic) bond motifs is 3. The molecule has 2 aliphatic rings. The number of rotatable bonds is 2. The first kappa shape index (κ1) is 14.2. The Balaban J connectivity index is 1.71. The highest BCUT2D eigenvalue weighted by molar-refractivity contribution is 5.90. The summed E-state index contributed by atoms with van der Waals surface area (Å²) >= 11 is 0. The molecule has 0 radical (unpaired) electrons. The Morgan fingerprint density at radius 2 is 1.83 bits per heavy atom. The first-order chi connectivity index (χ1) is 11.3. The maximum Gasteiger partial charge on any atom is 0.338 e. The molecule has 0 saturated carbocycles. The highest BCUT2D eigenvalue weighted by atomic mass is 16.5. The van der Waals surface area contributed by atoms with Crippen molar-refractivity contribution < 1.29 is 9.53 Å². The normalized spacial score (nSPS) is 22.9. The third-order valence-corrected chi connectivity index (χ3v) is 4.75. The van der Waals surface area contributed by atoms with Gasteiger partial charge in [0.15, 0.2) is 0 Å². The summed E-state index contributed by atoms with van der Waals surface area (Å²) in [6.45, 7) is 0.988. The molecule has 2 aromatic carbocycles. The molecule has 0 spiro atoms. The summed E-state index contributed by atoms with van der Waals surface area (Å²) in [7, 11) is 2.10. The standard InChI is InChI=1S/C20H19NO2/c1-21-13-7-12-16-15-10-5-6-11-17(15)19(18(16)21)23-20(22)14-8-3-2-4-9-14/h2-6,8-12,18-19H,7,13H2,1H3. The molecular formula is C20H19NO2. The van der Waals surface area contributed by atoms with Crippen LogP contribution >= 0.6 is 0 Å². The number of nitrogens with zero attached hydrogens (tertiary/aromatic N) is 1. The van der Waals surface area contributed by atoms with E-state index in [0.29, 0.717) is 5.56 Å². The lowest BCUT2D eigenvalue weighted by molar-refractivity contribution is 0.0142. The summed E-state index contributed by atoms with van der Waals surface area (Å²) in [6.07, 6.45) is 3.09. The fourth-order valence-electron chi connectivity index (χ4n) is 3.65. The van der Waals surface area contributed by atoms with Crippen LogP contribution in [0.4, 0.5) is 0 Å². The fourth-order valence-corrected chi connectivity index (χ4v) is 3.65. The third-order valence-electron chi connectivity index (χ3n) is 4.75. The van der Waals surface area contributed by atoms with Crippen molar-refractivity contribution in [1.82, 2.24) is 4.90 Å². The summed E-state index contributed by atoms with van der Waals surface area (Å²) in [5, 5.41) is 0. The number of carbonyl (C=O) groups excluding carboxylic acids is 1. The van der Waals surface area contributed by atoms with Crippen LogP contribution in [0.15, 0.2) is 60.7 Å². The van der Waals surface area contributed by atoms with Gasteiger partial charge >= 0.3 is 5.97 Å². The minimum atomic E-state index is -0.259. The number of esters is 1. The van der Waals surface area contributed by atoms with Crippen LogP contribution in [0.25, 0.3) is 5.57 Å². The molecule has 3 nitrogen and oxygen atoms in total. The van der Waals surface area contributed by atoms with Crippen molar-refractivity contribution >= 4 is 11.5 Å². The highest BCUT2D eigenvalue weighted by Gasteiger charge is 2.42. The van der Waals surface area contributed by atoms with Crippen LogP contribution < -0.4 is 0 Å². The van der Waals surface area contributed by atoms with Crippen LogP contribution in [0.5, 0.6) is 0 Å². The van der Waals surface area contributed by atoms with Gasteiger partial charge in [0.25, 0.3) is 0 Å². The molecule has 0 saturated heterocycles. The number of carbonyl (C=O) groups is 1. The smallest absolute Gasteiger partial charge is 0.338 e. The Kier molecular flexibility index (Phi) is 3.50. The van der Waals surface area contributed by atoms with E-state index in [0.717, 1.165) is 18.5 Å². The second-order valence-corrected chi connectivity index (χ2v) is 6.15. The van der Waals surface area contributed by atoms with Crippen LogP contribution in [0, 0.1) is 0 Å². The van der Waals surface area contributed by atoms with Gasteiger partial charge in [-0.05, 0) is 36.7 Å². The van der Waals surface area contributed by atoms with E-state index in [1.807, 2.05) is 30.3 Å². The van der Waals surface area contributed by atoms with Gasteiger partial charge in [-0.1, -0.05) is 48.5 Å². The van der Waals surface area contributed by atoms with Crippen molar-refractivity contribution in [2.75, 3.05) is 13.6 Å². The zero-order chi connectivity index (χ0) is 15.8. The van der Waals surface area contributed by atoms with Crippen LogP contribution in [-0.4, -0.2) is 30.5 Å². The highest BCUT2D eigenvalue weighted by Crippen LogP contribution is 2.46. The molecule has 0 fully saturated rings. The minimum Gasteiger partial charge on any atom is -0.452 e. The predicted molar refractivity (Wildman–Crippen MR) is 90.1 cm³/mol. The van der Waals surface area contributed by atoms with Gasteiger partial charge in [-0.15, -0.1) is 0 Å². The molecule has 4 rings (SSSR count). The van der Waals surface area contributed by atoms with Crippen molar-refractivity contribution in [3.8, 4) is 0 Å². The molecule has 1 aliphatic carbocycles. The van der Waals surface area contributed by atoms with Crippen LogP contribution in [-0.2, 0) is 4.74 Å².